The monoisotopic (exact) mass is 942 g/mol. The average molecular weight is 943 g/mol. The number of hydrogen-bond donors (Lipinski definition) is 10. The van der Waals surface area contributed by atoms with Gasteiger partial charge in [-0.05, 0) is 73.0 Å². The first kappa shape index (κ1) is 50.6. The Hall–Kier alpha value is -1.76. The molecule has 10 N–H and O–H groups in total. The maximum Gasteiger partial charge on any atom is 0.303 e. The lowest BCUT2D eigenvalue weighted by atomic mass is 9.34. The predicted molar refractivity (Wildman–Crippen MR) is 226 cm³/mol. The minimum absolute atomic E-state index is 0.0292. The van der Waals surface area contributed by atoms with Crippen LogP contribution in [0, 0.1) is 44.8 Å². The van der Waals surface area contributed by atoms with Gasteiger partial charge in [0.1, 0.15) is 60.5 Å². The molecule has 0 aromatic rings. The lowest BCUT2D eigenvalue weighted by Crippen LogP contribution is -2.70. The molecule has 66 heavy (non-hydrogen) atoms. The highest BCUT2D eigenvalue weighted by Gasteiger charge is 2.72. The number of fused-ring (bicyclic) bond motifs is 7. The van der Waals surface area contributed by atoms with Gasteiger partial charge in [0, 0.05) is 30.1 Å². The van der Waals surface area contributed by atoms with Gasteiger partial charge in [0.15, 0.2) is 30.8 Å². The molecule has 3 saturated heterocycles. The van der Waals surface area contributed by atoms with Crippen LogP contribution in [0.3, 0.4) is 0 Å². The summed E-state index contributed by atoms with van der Waals surface area (Å²) in [6, 6.07) is 0. The molecule has 376 valence electrons. The summed E-state index contributed by atoms with van der Waals surface area (Å²) in [4.78, 5) is 26.4. The van der Waals surface area contributed by atoms with E-state index in [4.69, 9.17) is 33.2 Å². The lowest BCUT2D eigenvalue weighted by molar-refractivity contribution is -0.376. The minimum Gasteiger partial charge on any atom is -0.454 e. The van der Waals surface area contributed by atoms with Crippen LogP contribution in [-0.4, -0.2) is 187 Å². The van der Waals surface area contributed by atoms with E-state index in [1.54, 1.807) is 0 Å². The molecule has 7 fully saturated rings. The fourth-order valence-electron chi connectivity index (χ4n) is 14.4. The zero-order valence-electron chi connectivity index (χ0n) is 39.1. The van der Waals surface area contributed by atoms with Crippen LogP contribution in [0.1, 0.15) is 99.8 Å². The summed E-state index contributed by atoms with van der Waals surface area (Å²) in [5.41, 5.74) is -2.90. The number of ether oxygens (including phenoxy) is 7. The van der Waals surface area contributed by atoms with Gasteiger partial charge in [-0.15, -0.1) is 0 Å². The molecule has 0 aromatic carbocycles. The Morgan fingerprint density at radius 3 is 2.09 bits per heavy atom. The second kappa shape index (κ2) is 17.8. The molecule has 3 heterocycles. The number of rotatable bonds is 9. The van der Waals surface area contributed by atoms with Crippen molar-refractivity contribution < 1.29 is 93.8 Å². The molecular formula is C47H74O19. The van der Waals surface area contributed by atoms with Gasteiger partial charge in [-0.1, -0.05) is 53.2 Å². The van der Waals surface area contributed by atoms with Crippen LogP contribution < -0.4 is 0 Å². The number of ketones is 1. The molecular weight excluding hydrogens is 868 g/mol. The Morgan fingerprint density at radius 1 is 0.758 bits per heavy atom. The Morgan fingerprint density at radius 2 is 1.42 bits per heavy atom. The fourth-order valence-corrected chi connectivity index (χ4v) is 14.4. The second-order valence-electron chi connectivity index (χ2n) is 22.8. The van der Waals surface area contributed by atoms with Crippen molar-refractivity contribution >= 4 is 11.8 Å². The topological polar surface area (TPSA) is 301 Å². The highest BCUT2D eigenvalue weighted by atomic mass is 16.8. The number of aliphatic hydroxyl groups is 10. The molecule has 8 aliphatic rings. The normalized spacial score (nSPS) is 53.7. The van der Waals surface area contributed by atoms with Gasteiger partial charge >= 0.3 is 5.97 Å². The minimum atomic E-state index is -1.87. The largest absolute Gasteiger partial charge is 0.454 e. The molecule has 19 heteroatoms. The van der Waals surface area contributed by atoms with Crippen molar-refractivity contribution in [1.82, 2.24) is 0 Å². The molecule has 0 aromatic heterocycles. The van der Waals surface area contributed by atoms with Crippen molar-refractivity contribution in [3.8, 4) is 0 Å². The Balaban J connectivity index is 1.04. The molecule has 0 spiro atoms. The van der Waals surface area contributed by atoms with E-state index in [-0.39, 0.29) is 48.4 Å². The van der Waals surface area contributed by atoms with E-state index >= 15 is 0 Å². The van der Waals surface area contributed by atoms with Gasteiger partial charge < -0.3 is 84.2 Å². The Kier molecular flexibility index (Phi) is 13.7. The van der Waals surface area contributed by atoms with E-state index in [2.05, 4.69) is 40.7 Å². The third-order valence-corrected chi connectivity index (χ3v) is 18.3. The zero-order chi connectivity index (χ0) is 48.3. The van der Waals surface area contributed by atoms with E-state index in [1.807, 2.05) is 6.92 Å². The van der Waals surface area contributed by atoms with E-state index in [0.29, 0.717) is 32.1 Å². The lowest BCUT2D eigenvalue weighted by Gasteiger charge is -2.71. The number of aliphatic hydroxyl groups excluding tert-OH is 9. The van der Waals surface area contributed by atoms with Gasteiger partial charge in [-0.2, -0.15) is 0 Å². The second-order valence-corrected chi connectivity index (χ2v) is 22.8. The third kappa shape index (κ3) is 8.05. The molecule has 23 unspecified atom stereocenters. The zero-order valence-corrected chi connectivity index (χ0v) is 39.1. The summed E-state index contributed by atoms with van der Waals surface area (Å²) in [7, 11) is 0. The molecule has 4 saturated carbocycles. The summed E-state index contributed by atoms with van der Waals surface area (Å²) in [5, 5.41) is 111. The predicted octanol–water partition coefficient (Wildman–Crippen LogP) is -0.662. The Bertz CT molecular complexity index is 1850. The van der Waals surface area contributed by atoms with Gasteiger partial charge in [-0.3, -0.25) is 9.59 Å². The van der Waals surface area contributed by atoms with Gasteiger partial charge in [-0.25, -0.2) is 0 Å². The van der Waals surface area contributed by atoms with Crippen molar-refractivity contribution in [2.24, 2.45) is 44.8 Å². The van der Waals surface area contributed by atoms with Crippen molar-refractivity contribution in [2.75, 3.05) is 26.4 Å². The van der Waals surface area contributed by atoms with Gasteiger partial charge in [0.25, 0.3) is 0 Å². The summed E-state index contributed by atoms with van der Waals surface area (Å²) >= 11 is 0. The quantitative estimate of drug-likeness (QED) is 0.0780. The number of carbonyl (C=O) groups is 2. The van der Waals surface area contributed by atoms with Crippen LogP contribution in [0.15, 0.2) is 11.6 Å². The highest BCUT2D eigenvalue weighted by Crippen LogP contribution is 2.74. The van der Waals surface area contributed by atoms with Crippen LogP contribution >= 0.6 is 0 Å². The van der Waals surface area contributed by atoms with Crippen molar-refractivity contribution in [3.63, 3.8) is 0 Å². The summed E-state index contributed by atoms with van der Waals surface area (Å²) in [6.45, 7) is 12.1. The summed E-state index contributed by atoms with van der Waals surface area (Å²) < 4.78 is 41.0. The van der Waals surface area contributed by atoms with Crippen molar-refractivity contribution in [2.45, 2.75) is 198 Å². The summed E-state index contributed by atoms with van der Waals surface area (Å²) in [5.74, 6) is -1.53. The smallest absolute Gasteiger partial charge is 0.303 e. The maximum atomic E-state index is 14.2. The van der Waals surface area contributed by atoms with Gasteiger partial charge in [0.05, 0.1) is 38.6 Å². The van der Waals surface area contributed by atoms with E-state index < -0.39 is 145 Å². The molecule has 8 rings (SSSR count). The van der Waals surface area contributed by atoms with Gasteiger partial charge in [0.2, 0.25) is 0 Å². The maximum absolute atomic E-state index is 14.2. The molecule has 23 atom stereocenters. The van der Waals surface area contributed by atoms with Crippen LogP contribution in [0.25, 0.3) is 0 Å². The number of hydrogen-bond acceptors (Lipinski definition) is 19. The van der Waals surface area contributed by atoms with E-state index in [0.717, 1.165) is 13.3 Å². The fraction of sp³-hybridized carbons (Fsp3) is 0.915. The molecule has 0 radical (unpaired) electrons. The molecule has 5 aliphatic carbocycles. The molecule has 0 bridgehead atoms. The first-order valence-corrected chi connectivity index (χ1v) is 23.8. The summed E-state index contributed by atoms with van der Waals surface area (Å²) in [6.07, 6.45) is -16.9. The number of allylic oxidation sites excluding steroid dienone is 1. The number of carbonyl (C=O) groups excluding carboxylic acids is 2. The third-order valence-electron chi connectivity index (χ3n) is 18.3. The van der Waals surface area contributed by atoms with Crippen LogP contribution in [0.4, 0.5) is 0 Å². The van der Waals surface area contributed by atoms with Crippen molar-refractivity contribution in [3.05, 3.63) is 11.6 Å². The van der Waals surface area contributed by atoms with Crippen LogP contribution in [0.5, 0.6) is 0 Å². The molecule has 3 aliphatic heterocycles. The number of esters is 1. The number of Topliss-reactive ketones (excluding diaryl/α,β-unsaturated/α-hetero) is 1. The first-order chi connectivity index (χ1) is 30.8. The van der Waals surface area contributed by atoms with E-state index in [1.165, 1.54) is 5.57 Å². The molecule has 0 amide bonds. The first-order valence-electron chi connectivity index (χ1n) is 23.8. The SMILES string of the molecule is CC(=O)OC1C(OC2C(OC3C(O)CC4(C)C(CCC5(C)C4CC=C4C6CC(C)(C)CCC6(O)C(=O)CC45C)C3(C)CO)OCC(O)C2O)OC(COC2OCC(O)C(O)C2O)C(O)C1O. The molecule has 19 nitrogen and oxygen atoms in total. The van der Waals surface area contributed by atoms with Crippen LogP contribution in [0.2, 0.25) is 0 Å². The van der Waals surface area contributed by atoms with Crippen LogP contribution in [-0.2, 0) is 42.7 Å². The van der Waals surface area contributed by atoms with Crippen molar-refractivity contribution in [1.29, 1.82) is 0 Å². The standard InChI is InChI=1S/C47H74O19/c1-21(49)63-37-34(57)33(56)27(19-62-39-35(58)31(54)25(51)17-60-39)64-41(37)65-36-32(55)26(52)18-61-40(36)66-38-24(50)15-43(4)28(44(38,5)20-48)10-11-45(6)29(43)9-8-22-23-14-42(2,3)12-13-47(23,59)30(53)16-46(22,45)7/h8,23-29,31-41,48,50-52,54-59H,9-20H2,1-7H3. The average Bonchev–Trinajstić information content (AvgIpc) is 3.24. The Labute approximate surface area is 385 Å². The highest BCUT2D eigenvalue weighted by molar-refractivity contribution is 5.91. The van der Waals surface area contributed by atoms with E-state index in [9.17, 15) is 60.7 Å².